The Balaban J connectivity index is 1.68. The van der Waals surface area contributed by atoms with Gasteiger partial charge in [-0.1, -0.05) is 30.3 Å². The van der Waals surface area contributed by atoms with Gasteiger partial charge in [0.25, 0.3) is 5.91 Å². The van der Waals surface area contributed by atoms with Gasteiger partial charge >= 0.3 is 5.97 Å². The molecule has 1 unspecified atom stereocenters. The minimum absolute atomic E-state index is 0.0480. The molecule has 0 radical (unpaired) electrons. The second-order valence-electron chi connectivity index (χ2n) is 6.75. The first-order chi connectivity index (χ1) is 13.0. The highest BCUT2D eigenvalue weighted by molar-refractivity contribution is 5.97. The van der Waals surface area contributed by atoms with Crippen molar-refractivity contribution < 1.29 is 14.7 Å². The number of pyridine rings is 1. The lowest BCUT2D eigenvalue weighted by molar-refractivity contribution is -0.141. The van der Waals surface area contributed by atoms with Gasteiger partial charge in [-0.15, -0.1) is 0 Å². The molecule has 7 heteroatoms. The third-order valence-electron chi connectivity index (χ3n) is 4.37. The van der Waals surface area contributed by atoms with Crippen molar-refractivity contribution in [2.24, 2.45) is 5.92 Å². The Kier molecular flexibility index (Phi) is 5.49. The predicted molar refractivity (Wildman–Crippen MR) is 102 cm³/mol. The normalized spacial score (nSPS) is 12.3. The van der Waals surface area contributed by atoms with E-state index in [1.165, 1.54) is 6.20 Å². The number of fused-ring (bicyclic) bond motifs is 1. The van der Waals surface area contributed by atoms with Gasteiger partial charge < -0.3 is 10.4 Å². The van der Waals surface area contributed by atoms with E-state index in [-0.39, 0.29) is 18.5 Å². The van der Waals surface area contributed by atoms with Gasteiger partial charge in [0.2, 0.25) is 0 Å². The molecule has 0 saturated carbocycles. The summed E-state index contributed by atoms with van der Waals surface area (Å²) in [4.78, 5) is 28.3. The summed E-state index contributed by atoms with van der Waals surface area (Å²) in [6.45, 7) is 4.06. The molecule has 0 bridgehead atoms. The van der Waals surface area contributed by atoms with Crippen LogP contribution in [0.3, 0.4) is 0 Å². The topological polar surface area (TPSA) is 97.1 Å². The number of nitrogens with zero attached hydrogens (tertiary/aromatic N) is 3. The fourth-order valence-electron chi connectivity index (χ4n) is 2.91. The molecule has 7 nitrogen and oxygen atoms in total. The molecule has 1 aromatic carbocycles. The summed E-state index contributed by atoms with van der Waals surface area (Å²) in [6, 6.07) is 11.3. The Hall–Kier alpha value is -3.22. The Labute approximate surface area is 157 Å². The SMILES string of the molecule is CC(C)n1ncc2cc(C(=O)NCC(Cc3ccccc3)C(=O)O)cnc21. The Bertz CT molecular complexity index is 950. The number of carboxylic acids is 1. The number of amides is 1. The average Bonchev–Trinajstić information content (AvgIpc) is 3.09. The number of nitrogens with one attached hydrogen (secondary N) is 1. The van der Waals surface area contributed by atoms with Crippen molar-refractivity contribution in [1.29, 1.82) is 0 Å². The van der Waals surface area contributed by atoms with Crippen LogP contribution in [-0.4, -0.2) is 38.3 Å². The molecule has 3 rings (SSSR count). The van der Waals surface area contributed by atoms with E-state index < -0.39 is 11.9 Å². The Morgan fingerprint density at radius 2 is 1.93 bits per heavy atom. The summed E-state index contributed by atoms with van der Waals surface area (Å²) in [5.41, 5.74) is 2.02. The molecule has 27 heavy (non-hydrogen) atoms. The summed E-state index contributed by atoms with van der Waals surface area (Å²) >= 11 is 0. The van der Waals surface area contributed by atoms with E-state index in [0.717, 1.165) is 10.9 Å². The van der Waals surface area contributed by atoms with Gasteiger partial charge in [0.05, 0.1) is 17.7 Å². The third-order valence-corrected chi connectivity index (χ3v) is 4.37. The zero-order chi connectivity index (χ0) is 19.4. The maximum absolute atomic E-state index is 12.4. The summed E-state index contributed by atoms with van der Waals surface area (Å²) < 4.78 is 1.79. The molecular weight excluding hydrogens is 344 g/mol. The molecule has 0 saturated heterocycles. The van der Waals surface area contributed by atoms with Crippen molar-refractivity contribution in [2.45, 2.75) is 26.3 Å². The van der Waals surface area contributed by atoms with Crippen LogP contribution in [0.2, 0.25) is 0 Å². The summed E-state index contributed by atoms with van der Waals surface area (Å²) in [7, 11) is 0. The average molecular weight is 366 g/mol. The van der Waals surface area contributed by atoms with Crippen LogP contribution in [0.1, 0.15) is 35.8 Å². The molecule has 2 N–H and O–H groups in total. The molecule has 2 heterocycles. The summed E-state index contributed by atoms with van der Waals surface area (Å²) in [6.07, 6.45) is 3.52. The molecule has 3 aromatic rings. The van der Waals surface area contributed by atoms with Crippen LogP contribution < -0.4 is 5.32 Å². The second-order valence-corrected chi connectivity index (χ2v) is 6.75. The van der Waals surface area contributed by atoms with Crippen molar-refractivity contribution in [3.63, 3.8) is 0 Å². The van der Waals surface area contributed by atoms with Gasteiger partial charge in [0, 0.05) is 24.2 Å². The largest absolute Gasteiger partial charge is 0.481 e. The minimum atomic E-state index is -0.939. The zero-order valence-corrected chi connectivity index (χ0v) is 15.3. The highest BCUT2D eigenvalue weighted by atomic mass is 16.4. The van der Waals surface area contributed by atoms with Crippen molar-refractivity contribution in [2.75, 3.05) is 6.54 Å². The maximum atomic E-state index is 12.4. The molecule has 0 aliphatic carbocycles. The van der Waals surface area contributed by atoms with E-state index in [9.17, 15) is 14.7 Å². The van der Waals surface area contributed by atoms with Crippen molar-refractivity contribution in [3.05, 3.63) is 59.9 Å². The van der Waals surface area contributed by atoms with Crippen molar-refractivity contribution >= 4 is 22.9 Å². The third kappa shape index (κ3) is 4.31. The molecule has 140 valence electrons. The van der Waals surface area contributed by atoms with E-state index in [0.29, 0.717) is 17.6 Å². The van der Waals surface area contributed by atoms with Crippen LogP contribution in [0.15, 0.2) is 48.8 Å². The van der Waals surface area contributed by atoms with Gasteiger partial charge in [-0.3, -0.25) is 9.59 Å². The highest BCUT2D eigenvalue weighted by Crippen LogP contribution is 2.17. The number of aliphatic carboxylic acids is 1. The number of benzene rings is 1. The number of carbonyl (C=O) groups excluding carboxylic acids is 1. The Morgan fingerprint density at radius 3 is 2.59 bits per heavy atom. The number of rotatable bonds is 7. The molecule has 0 fully saturated rings. The van der Waals surface area contributed by atoms with Crippen LogP contribution in [-0.2, 0) is 11.2 Å². The lowest BCUT2D eigenvalue weighted by atomic mass is 9.99. The van der Waals surface area contributed by atoms with Gasteiger partial charge in [-0.05, 0) is 31.9 Å². The first kappa shape index (κ1) is 18.6. The van der Waals surface area contributed by atoms with Crippen LogP contribution in [0.25, 0.3) is 11.0 Å². The molecule has 2 aromatic heterocycles. The van der Waals surface area contributed by atoms with Crippen LogP contribution >= 0.6 is 0 Å². The number of aromatic nitrogens is 3. The standard InChI is InChI=1S/C20H22N4O3/c1-13(2)24-18-15(12-23-24)9-16(10-21-18)19(25)22-11-17(20(26)27)8-14-6-4-3-5-7-14/h3-7,9-10,12-13,17H,8,11H2,1-2H3,(H,22,25)(H,26,27). The zero-order valence-electron chi connectivity index (χ0n) is 15.3. The number of hydrogen-bond donors (Lipinski definition) is 2. The van der Waals surface area contributed by atoms with Crippen LogP contribution in [0.5, 0.6) is 0 Å². The monoisotopic (exact) mass is 366 g/mol. The van der Waals surface area contributed by atoms with Gasteiger partial charge in [0.15, 0.2) is 5.65 Å². The fraction of sp³-hybridized carbons (Fsp3) is 0.300. The fourth-order valence-corrected chi connectivity index (χ4v) is 2.91. The second kappa shape index (κ2) is 7.99. The molecular formula is C20H22N4O3. The molecule has 1 atom stereocenters. The van der Waals surface area contributed by atoms with E-state index in [2.05, 4.69) is 15.4 Å². The van der Waals surface area contributed by atoms with E-state index in [1.54, 1.807) is 16.9 Å². The molecule has 1 amide bonds. The van der Waals surface area contributed by atoms with Gasteiger partial charge in [-0.2, -0.15) is 5.10 Å². The molecule has 0 aliphatic rings. The van der Waals surface area contributed by atoms with E-state index >= 15 is 0 Å². The number of carboxylic acid groups (broad SMARTS) is 1. The molecule has 0 aliphatic heterocycles. The van der Waals surface area contributed by atoms with Gasteiger partial charge in [0.1, 0.15) is 0 Å². The van der Waals surface area contributed by atoms with E-state index in [4.69, 9.17) is 0 Å². The molecule has 0 spiro atoms. The predicted octanol–water partition coefficient (Wildman–Crippen LogP) is 2.69. The smallest absolute Gasteiger partial charge is 0.308 e. The minimum Gasteiger partial charge on any atom is -0.481 e. The van der Waals surface area contributed by atoms with Crippen molar-refractivity contribution in [1.82, 2.24) is 20.1 Å². The first-order valence-corrected chi connectivity index (χ1v) is 8.84. The van der Waals surface area contributed by atoms with Gasteiger partial charge in [-0.25, -0.2) is 9.67 Å². The van der Waals surface area contributed by atoms with Crippen LogP contribution in [0, 0.1) is 5.92 Å². The lowest BCUT2D eigenvalue weighted by Gasteiger charge is -2.13. The summed E-state index contributed by atoms with van der Waals surface area (Å²) in [5.74, 6) is -1.98. The highest BCUT2D eigenvalue weighted by Gasteiger charge is 2.20. The number of hydrogen-bond acceptors (Lipinski definition) is 4. The Morgan fingerprint density at radius 1 is 1.19 bits per heavy atom. The first-order valence-electron chi connectivity index (χ1n) is 8.84. The summed E-state index contributed by atoms with van der Waals surface area (Å²) in [5, 5.41) is 17.2. The maximum Gasteiger partial charge on any atom is 0.308 e. The quantitative estimate of drug-likeness (QED) is 0.670. The van der Waals surface area contributed by atoms with E-state index in [1.807, 2.05) is 44.2 Å². The number of carbonyl (C=O) groups is 2. The lowest BCUT2D eigenvalue weighted by Crippen LogP contribution is -2.34. The van der Waals surface area contributed by atoms with Crippen molar-refractivity contribution in [3.8, 4) is 0 Å². The van der Waals surface area contributed by atoms with Crippen LogP contribution in [0.4, 0.5) is 0 Å².